The molecule has 0 bridgehead atoms. The van der Waals surface area contributed by atoms with E-state index < -0.39 is 12.1 Å². The Balaban J connectivity index is 0.000000479. The predicted molar refractivity (Wildman–Crippen MR) is 133 cm³/mol. The molecule has 0 unspecified atom stereocenters. The number of carbonyl (C=O) groups is 2. The fourth-order valence-electron chi connectivity index (χ4n) is 4.42. The molecule has 204 valence electrons. The molecule has 1 aliphatic rings. The van der Waals surface area contributed by atoms with Crippen LogP contribution in [0.2, 0.25) is 0 Å². The molecule has 1 aliphatic heterocycles. The number of nitrogens with one attached hydrogen (secondary N) is 1. The number of hydrogen-bond donors (Lipinski definition) is 2. The van der Waals surface area contributed by atoms with Gasteiger partial charge in [0, 0.05) is 51.3 Å². The van der Waals surface area contributed by atoms with Gasteiger partial charge in [0.15, 0.2) is 0 Å². The van der Waals surface area contributed by atoms with Gasteiger partial charge in [0.25, 0.3) is 5.91 Å². The minimum atomic E-state index is -5.08. The number of aliphatic carboxylic acids is 1. The number of nitrogens with zero attached hydrogens (tertiary/aromatic N) is 3. The number of carbonyl (C=O) groups excluding carboxylic acids is 1. The highest BCUT2D eigenvalue weighted by atomic mass is 19.4. The molecule has 0 radical (unpaired) electrons. The topological polar surface area (TPSA) is 98.0 Å². The number of hydrogen-bond acceptors (Lipinski definition) is 5. The van der Waals surface area contributed by atoms with Crippen molar-refractivity contribution in [3.63, 3.8) is 0 Å². The van der Waals surface area contributed by atoms with Crippen molar-refractivity contribution >= 4 is 33.8 Å². The summed E-state index contributed by atoms with van der Waals surface area (Å²) in [5.41, 5.74) is 4.09. The highest BCUT2D eigenvalue weighted by Crippen LogP contribution is 2.34. The van der Waals surface area contributed by atoms with E-state index in [-0.39, 0.29) is 5.91 Å². The average molecular weight is 527 g/mol. The molecular formula is C25H33F3N4O5. The number of carboxylic acids is 1. The Bertz CT molecular complexity index is 1210. The summed E-state index contributed by atoms with van der Waals surface area (Å²) in [7, 11) is 1.69. The van der Waals surface area contributed by atoms with Crippen LogP contribution < -0.4 is 5.32 Å². The molecule has 37 heavy (non-hydrogen) atoms. The van der Waals surface area contributed by atoms with Crippen molar-refractivity contribution in [1.29, 1.82) is 0 Å². The molecule has 3 aromatic rings. The molecule has 0 atom stereocenters. The van der Waals surface area contributed by atoms with E-state index in [0.717, 1.165) is 43.9 Å². The summed E-state index contributed by atoms with van der Waals surface area (Å²) in [5.74, 6) is -2.79. The number of aromatic nitrogens is 2. The molecule has 1 aromatic carbocycles. The van der Waals surface area contributed by atoms with E-state index in [2.05, 4.69) is 57.5 Å². The third-order valence-electron chi connectivity index (χ3n) is 6.08. The molecular weight excluding hydrogens is 493 g/mol. The van der Waals surface area contributed by atoms with Crippen LogP contribution in [0.15, 0.2) is 30.3 Å². The number of fused-ring (bicyclic) bond motifs is 3. The van der Waals surface area contributed by atoms with Crippen LogP contribution in [0, 0.1) is 0 Å². The molecule has 0 aliphatic carbocycles. The van der Waals surface area contributed by atoms with Gasteiger partial charge in [0.1, 0.15) is 5.69 Å². The maximum absolute atomic E-state index is 13.1. The van der Waals surface area contributed by atoms with Gasteiger partial charge in [-0.1, -0.05) is 18.2 Å². The van der Waals surface area contributed by atoms with Crippen LogP contribution in [0.4, 0.5) is 13.2 Å². The zero-order valence-corrected chi connectivity index (χ0v) is 21.2. The molecule has 2 aromatic heterocycles. The number of rotatable bonds is 8. The number of methoxy groups -OCH3 is 1. The highest BCUT2D eigenvalue weighted by molar-refractivity contribution is 6.10. The SMILES string of the molecule is COCCn1c(C(=O)NCCN2CCOCC2)cc2c1c1ccccc1n2C(C)C.O=C(O)C(F)(F)F. The molecule has 4 rings (SSSR count). The lowest BCUT2D eigenvalue weighted by molar-refractivity contribution is -0.192. The van der Waals surface area contributed by atoms with Crippen LogP contribution in [0.25, 0.3) is 21.9 Å². The molecule has 3 heterocycles. The maximum atomic E-state index is 13.1. The minimum absolute atomic E-state index is 0.0325. The van der Waals surface area contributed by atoms with Crippen LogP contribution >= 0.6 is 0 Å². The summed E-state index contributed by atoms with van der Waals surface area (Å²) in [6, 6.07) is 10.7. The van der Waals surface area contributed by atoms with Crippen LogP contribution in [0.5, 0.6) is 0 Å². The summed E-state index contributed by atoms with van der Waals surface area (Å²) in [6.45, 7) is 10.4. The highest BCUT2D eigenvalue weighted by Gasteiger charge is 2.38. The fourth-order valence-corrected chi connectivity index (χ4v) is 4.42. The second-order valence-electron chi connectivity index (χ2n) is 8.90. The van der Waals surface area contributed by atoms with Gasteiger partial charge in [-0.05, 0) is 26.0 Å². The monoisotopic (exact) mass is 526 g/mol. The van der Waals surface area contributed by atoms with E-state index in [0.29, 0.717) is 31.4 Å². The van der Waals surface area contributed by atoms with Crippen molar-refractivity contribution in [2.24, 2.45) is 0 Å². The number of ether oxygens (including phenoxy) is 2. The summed E-state index contributed by atoms with van der Waals surface area (Å²) in [6.07, 6.45) is -5.08. The Labute approximate surface area is 212 Å². The Morgan fingerprint density at radius 1 is 1.14 bits per heavy atom. The summed E-state index contributed by atoms with van der Waals surface area (Å²) in [5, 5.41) is 11.4. The molecule has 2 N–H and O–H groups in total. The van der Waals surface area contributed by atoms with Gasteiger partial charge in [0.2, 0.25) is 0 Å². The van der Waals surface area contributed by atoms with E-state index >= 15 is 0 Å². The van der Waals surface area contributed by atoms with Gasteiger partial charge in [-0.3, -0.25) is 9.69 Å². The summed E-state index contributed by atoms with van der Waals surface area (Å²) in [4.78, 5) is 24.3. The van der Waals surface area contributed by atoms with Crippen molar-refractivity contribution < 1.29 is 37.3 Å². The van der Waals surface area contributed by atoms with E-state index in [9.17, 15) is 18.0 Å². The van der Waals surface area contributed by atoms with Gasteiger partial charge in [-0.2, -0.15) is 13.2 Å². The van der Waals surface area contributed by atoms with Crippen molar-refractivity contribution in [1.82, 2.24) is 19.4 Å². The lowest BCUT2D eigenvalue weighted by atomic mass is 10.2. The first kappa shape index (κ1) is 28.5. The largest absolute Gasteiger partial charge is 0.490 e. The van der Waals surface area contributed by atoms with Crippen LogP contribution in [-0.2, 0) is 20.8 Å². The molecule has 1 saturated heterocycles. The number of morpholine rings is 1. The number of benzene rings is 1. The average Bonchev–Trinajstić information content (AvgIpc) is 3.37. The molecule has 0 spiro atoms. The smallest absolute Gasteiger partial charge is 0.475 e. The molecule has 1 fully saturated rings. The number of amides is 1. The summed E-state index contributed by atoms with van der Waals surface area (Å²) < 4.78 is 46.9. The van der Waals surface area contributed by atoms with Gasteiger partial charge >= 0.3 is 12.1 Å². The van der Waals surface area contributed by atoms with E-state index in [1.54, 1.807) is 7.11 Å². The van der Waals surface area contributed by atoms with Crippen LogP contribution in [0.3, 0.4) is 0 Å². The lowest BCUT2D eigenvalue weighted by Gasteiger charge is -2.26. The molecule has 0 saturated carbocycles. The van der Waals surface area contributed by atoms with Crippen molar-refractivity contribution in [3.8, 4) is 0 Å². The normalized spacial score (nSPS) is 14.7. The standard InChI is InChI=1S/C23H32N4O3.C2HF3O2/c1-17(2)27-19-7-5-4-6-18(19)22-20(27)16-21(26(22)12-13-29-3)23(28)24-8-9-25-10-14-30-15-11-25;3-2(4,5)1(6)7/h4-7,16-17H,8-15H2,1-3H3,(H,24,28);(H,6,7). The van der Waals surface area contributed by atoms with E-state index in [1.807, 2.05) is 6.07 Å². The Morgan fingerprint density at radius 2 is 1.78 bits per heavy atom. The number of para-hydroxylation sites is 1. The van der Waals surface area contributed by atoms with Crippen molar-refractivity contribution in [2.45, 2.75) is 32.6 Å². The third-order valence-corrected chi connectivity index (χ3v) is 6.08. The predicted octanol–water partition coefficient (Wildman–Crippen LogP) is 3.52. The fraction of sp³-hybridized carbons (Fsp3) is 0.520. The number of carboxylic acid groups (broad SMARTS) is 1. The first-order valence-electron chi connectivity index (χ1n) is 12.1. The second kappa shape index (κ2) is 12.4. The Hall–Kier alpha value is -3.09. The van der Waals surface area contributed by atoms with E-state index in [4.69, 9.17) is 19.4 Å². The third kappa shape index (κ3) is 6.82. The van der Waals surface area contributed by atoms with Gasteiger partial charge < -0.3 is 29.0 Å². The molecule has 1 amide bonds. The Kier molecular flexibility index (Phi) is 9.57. The van der Waals surface area contributed by atoms with Crippen molar-refractivity contribution in [3.05, 3.63) is 36.0 Å². The summed E-state index contributed by atoms with van der Waals surface area (Å²) >= 11 is 0. The lowest BCUT2D eigenvalue weighted by Crippen LogP contribution is -2.41. The zero-order valence-electron chi connectivity index (χ0n) is 21.2. The van der Waals surface area contributed by atoms with Gasteiger partial charge in [-0.15, -0.1) is 0 Å². The second-order valence-corrected chi connectivity index (χ2v) is 8.90. The first-order valence-corrected chi connectivity index (χ1v) is 12.1. The van der Waals surface area contributed by atoms with E-state index in [1.165, 1.54) is 10.9 Å². The number of alkyl halides is 3. The molecule has 12 heteroatoms. The number of halogens is 3. The zero-order chi connectivity index (χ0) is 27.2. The van der Waals surface area contributed by atoms with Crippen LogP contribution in [-0.4, -0.2) is 90.3 Å². The Morgan fingerprint density at radius 3 is 2.38 bits per heavy atom. The quantitative estimate of drug-likeness (QED) is 0.466. The van der Waals surface area contributed by atoms with Crippen LogP contribution in [0.1, 0.15) is 30.4 Å². The minimum Gasteiger partial charge on any atom is -0.475 e. The van der Waals surface area contributed by atoms with Gasteiger partial charge in [0.05, 0.1) is 36.4 Å². The maximum Gasteiger partial charge on any atom is 0.490 e. The molecule has 9 nitrogen and oxygen atoms in total. The van der Waals surface area contributed by atoms with Crippen molar-refractivity contribution in [2.75, 3.05) is 53.1 Å². The van der Waals surface area contributed by atoms with Gasteiger partial charge in [-0.25, -0.2) is 4.79 Å². The first-order chi connectivity index (χ1) is 17.6.